The molecule has 0 atom stereocenters. The van der Waals surface area contributed by atoms with Crippen LogP contribution in [0.2, 0.25) is 0 Å². The quantitative estimate of drug-likeness (QED) is 0.132. The molecule has 3 heteroatoms. The molecule has 57 heavy (non-hydrogen) atoms. The van der Waals surface area contributed by atoms with E-state index in [1.807, 2.05) is 0 Å². The summed E-state index contributed by atoms with van der Waals surface area (Å²) in [6.45, 7) is 0.0877. The van der Waals surface area contributed by atoms with Crippen LogP contribution >= 0.6 is 0 Å². The molecule has 9 aromatic rings. The molecule has 1 saturated carbocycles. The smallest absolute Gasteiger partial charge is 0.252 e. The number of para-hydroxylation sites is 3. The average Bonchev–Trinajstić information content (AvgIpc) is 3.29. The van der Waals surface area contributed by atoms with Gasteiger partial charge in [0, 0.05) is 34.1 Å². The van der Waals surface area contributed by atoms with Gasteiger partial charge in [-0.2, -0.15) is 0 Å². The van der Waals surface area contributed by atoms with Gasteiger partial charge in [0.15, 0.2) is 0 Å². The van der Waals surface area contributed by atoms with Crippen LogP contribution in [0.15, 0.2) is 182 Å². The van der Waals surface area contributed by atoms with E-state index in [1.165, 1.54) is 132 Å². The van der Waals surface area contributed by atoms with Crippen LogP contribution in [0.1, 0.15) is 43.6 Å². The minimum atomic E-state index is 0.0877. The van der Waals surface area contributed by atoms with E-state index >= 15 is 0 Å². The van der Waals surface area contributed by atoms with Crippen molar-refractivity contribution in [2.45, 2.75) is 38.0 Å². The van der Waals surface area contributed by atoms with Crippen LogP contribution in [-0.2, 0) is 0 Å². The molecule has 270 valence electrons. The summed E-state index contributed by atoms with van der Waals surface area (Å²) in [7, 11) is 0. The minimum Gasteiger partial charge on any atom is -0.311 e. The van der Waals surface area contributed by atoms with Crippen molar-refractivity contribution in [1.82, 2.24) is 0 Å². The van der Waals surface area contributed by atoms with Crippen LogP contribution in [0.25, 0.3) is 43.4 Å². The Morgan fingerprint density at radius 3 is 1.79 bits per heavy atom. The van der Waals surface area contributed by atoms with Gasteiger partial charge >= 0.3 is 0 Å². The maximum atomic E-state index is 2.60. The molecule has 0 saturated heterocycles. The first-order valence-electron chi connectivity index (χ1n) is 20.7. The Hall–Kier alpha value is -6.58. The molecule has 2 heterocycles. The van der Waals surface area contributed by atoms with Crippen LogP contribution in [-0.4, -0.2) is 6.71 Å². The van der Waals surface area contributed by atoms with E-state index in [2.05, 4.69) is 192 Å². The number of nitrogens with zero attached hydrogens (tertiary/aromatic N) is 2. The summed E-state index contributed by atoms with van der Waals surface area (Å²) in [4.78, 5) is 5.14. The van der Waals surface area contributed by atoms with Crippen LogP contribution in [0.3, 0.4) is 0 Å². The lowest BCUT2D eigenvalue weighted by Gasteiger charge is -2.45. The van der Waals surface area contributed by atoms with Crippen molar-refractivity contribution < 1.29 is 0 Å². The summed E-state index contributed by atoms with van der Waals surface area (Å²) in [5.41, 5.74) is 15.6. The highest BCUT2D eigenvalue weighted by molar-refractivity contribution is 7.00. The highest BCUT2D eigenvalue weighted by Gasteiger charge is 2.44. The lowest BCUT2D eigenvalue weighted by molar-refractivity contribution is 0.444. The number of fused-ring (bicyclic) bond motifs is 9. The van der Waals surface area contributed by atoms with Crippen LogP contribution < -0.4 is 26.2 Å². The first kappa shape index (κ1) is 32.6. The van der Waals surface area contributed by atoms with E-state index in [0.29, 0.717) is 5.92 Å². The van der Waals surface area contributed by atoms with Gasteiger partial charge in [-0.05, 0) is 139 Å². The van der Waals surface area contributed by atoms with Gasteiger partial charge in [-0.15, -0.1) is 0 Å². The van der Waals surface area contributed by atoms with E-state index in [4.69, 9.17) is 0 Å². The van der Waals surface area contributed by atoms with E-state index in [1.54, 1.807) is 0 Å². The Bertz CT molecular complexity index is 3020. The summed E-state index contributed by atoms with van der Waals surface area (Å²) in [6.07, 6.45) is 6.43. The Kier molecular flexibility index (Phi) is 7.45. The first-order valence-corrected chi connectivity index (χ1v) is 20.7. The number of anilines is 6. The Balaban J connectivity index is 1.17. The SMILES string of the molecule is c1ccc(N2c3ccccc3B3c4ccc(-c5cc6ccccc6c6ccc7ccccc7c56)cc4N(c4ccccc4)c4cc(C5CCCCC5)cc2c43)cc1. The van der Waals surface area contributed by atoms with E-state index in [9.17, 15) is 0 Å². The molecule has 2 nitrogen and oxygen atoms in total. The lowest BCUT2D eigenvalue weighted by atomic mass is 9.33. The summed E-state index contributed by atoms with van der Waals surface area (Å²) in [5, 5.41) is 7.74. The fourth-order valence-electron chi connectivity index (χ4n) is 10.6. The molecule has 0 spiro atoms. The van der Waals surface area contributed by atoms with Gasteiger partial charge in [0.25, 0.3) is 6.71 Å². The van der Waals surface area contributed by atoms with Gasteiger partial charge < -0.3 is 9.80 Å². The zero-order valence-electron chi connectivity index (χ0n) is 31.9. The molecular formula is C54H41BN2. The Morgan fingerprint density at radius 2 is 1.04 bits per heavy atom. The van der Waals surface area contributed by atoms with Crippen molar-refractivity contribution in [2.75, 3.05) is 9.80 Å². The highest BCUT2D eigenvalue weighted by Crippen LogP contribution is 2.48. The lowest BCUT2D eigenvalue weighted by Crippen LogP contribution is -2.61. The molecule has 0 unspecified atom stereocenters. The van der Waals surface area contributed by atoms with Crippen molar-refractivity contribution in [3.63, 3.8) is 0 Å². The molecule has 0 radical (unpaired) electrons. The highest BCUT2D eigenvalue weighted by atomic mass is 15.2. The monoisotopic (exact) mass is 728 g/mol. The second-order valence-corrected chi connectivity index (χ2v) is 16.3. The van der Waals surface area contributed by atoms with Crippen molar-refractivity contribution in [3.8, 4) is 11.1 Å². The van der Waals surface area contributed by atoms with Gasteiger partial charge in [0.2, 0.25) is 0 Å². The normalized spacial score (nSPS) is 14.8. The standard InChI is InChI=1S/C54H41BN2/c1-4-16-36(17-5-1)40-34-51-54-52(35-40)57(42-22-8-3-9-23-42)50-33-39(29-31-48(50)55(54)47-26-14-15-27-49(47)56(51)41-20-6-2-7-21-41)46-32-38-19-11-12-24-43(38)45-30-28-37-18-10-13-25-44(37)53(45)46/h2-3,6-15,18-36H,1,4-5,16-17H2. The summed E-state index contributed by atoms with van der Waals surface area (Å²) >= 11 is 0. The number of rotatable bonds is 4. The maximum Gasteiger partial charge on any atom is 0.252 e. The fourth-order valence-corrected chi connectivity index (χ4v) is 10.6. The topological polar surface area (TPSA) is 6.48 Å². The first-order chi connectivity index (χ1) is 28.3. The molecule has 12 rings (SSSR count). The van der Waals surface area contributed by atoms with Crippen molar-refractivity contribution in [3.05, 3.63) is 188 Å². The minimum absolute atomic E-state index is 0.0877. The summed E-state index contributed by atoms with van der Waals surface area (Å²) in [5.74, 6) is 0.552. The molecular weight excluding hydrogens is 687 g/mol. The van der Waals surface area contributed by atoms with Gasteiger partial charge in [-0.1, -0.05) is 147 Å². The summed E-state index contributed by atoms with van der Waals surface area (Å²) < 4.78 is 0. The summed E-state index contributed by atoms with van der Waals surface area (Å²) in [6, 6.07) is 68.6. The van der Waals surface area contributed by atoms with E-state index < -0.39 is 0 Å². The predicted molar refractivity (Wildman–Crippen MR) is 244 cm³/mol. The van der Waals surface area contributed by atoms with Gasteiger partial charge in [0.1, 0.15) is 0 Å². The molecule has 9 aromatic carbocycles. The van der Waals surface area contributed by atoms with Crippen molar-refractivity contribution >= 4 is 89.5 Å². The molecule has 0 bridgehead atoms. The molecule has 2 aliphatic heterocycles. The zero-order valence-corrected chi connectivity index (χ0v) is 31.9. The number of benzene rings is 9. The number of hydrogen-bond acceptors (Lipinski definition) is 2. The second-order valence-electron chi connectivity index (χ2n) is 16.3. The molecule has 0 amide bonds. The van der Waals surface area contributed by atoms with Crippen molar-refractivity contribution in [1.29, 1.82) is 0 Å². The molecule has 1 fully saturated rings. The molecule has 0 N–H and O–H groups in total. The van der Waals surface area contributed by atoms with Crippen molar-refractivity contribution in [2.24, 2.45) is 0 Å². The van der Waals surface area contributed by atoms with Crippen LogP contribution in [0, 0.1) is 0 Å². The fraction of sp³-hybridized carbons (Fsp3) is 0.111. The van der Waals surface area contributed by atoms with E-state index in [0.717, 1.165) is 0 Å². The molecule has 0 aromatic heterocycles. The second kappa shape index (κ2) is 13.0. The third-order valence-electron chi connectivity index (χ3n) is 13.2. The van der Waals surface area contributed by atoms with Crippen LogP contribution in [0.4, 0.5) is 34.1 Å². The maximum absolute atomic E-state index is 2.60. The Labute approximate surface area is 334 Å². The Morgan fingerprint density at radius 1 is 0.421 bits per heavy atom. The molecule has 3 aliphatic rings. The zero-order chi connectivity index (χ0) is 37.5. The third-order valence-corrected chi connectivity index (χ3v) is 13.2. The molecule has 1 aliphatic carbocycles. The number of hydrogen-bond donors (Lipinski definition) is 0. The van der Waals surface area contributed by atoms with Crippen LogP contribution in [0.5, 0.6) is 0 Å². The van der Waals surface area contributed by atoms with E-state index in [-0.39, 0.29) is 6.71 Å². The van der Waals surface area contributed by atoms with Gasteiger partial charge in [0.05, 0.1) is 0 Å². The average molecular weight is 729 g/mol. The third kappa shape index (κ3) is 5.05. The van der Waals surface area contributed by atoms with Gasteiger partial charge in [-0.25, -0.2) is 0 Å². The predicted octanol–water partition coefficient (Wildman–Crippen LogP) is 12.9. The van der Waals surface area contributed by atoms with Gasteiger partial charge in [-0.3, -0.25) is 0 Å². The largest absolute Gasteiger partial charge is 0.311 e.